The van der Waals surface area contributed by atoms with Crippen LogP contribution in [0.25, 0.3) is 0 Å². The average molecular weight is 443 g/mol. The van der Waals surface area contributed by atoms with Crippen molar-refractivity contribution in [1.29, 1.82) is 0 Å². The van der Waals surface area contributed by atoms with Crippen molar-refractivity contribution in [2.45, 2.75) is 22.6 Å². The number of nitrogens with zero attached hydrogens (tertiary/aromatic N) is 1. The second kappa shape index (κ2) is 8.03. The summed E-state index contributed by atoms with van der Waals surface area (Å²) < 4.78 is 15.8. The number of hydrogen-bond donors (Lipinski definition) is 2. The molecule has 2 aromatic rings. The van der Waals surface area contributed by atoms with Crippen LogP contribution in [0, 0.1) is 0 Å². The summed E-state index contributed by atoms with van der Waals surface area (Å²) in [6.07, 6.45) is 0.604. The number of ether oxygens (including phenoxy) is 3. The number of carbonyl (C=O) groups is 3. The highest BCUT2D eigenvalue weighted by molar-refractivity contribution is 8.02. The fraction of sp³-hybridized carbons (Fsp3) is 0.286. The Morgan fingerprint density at radius 1 is 1.03 bits per heavy atom. The van der Waals surface area contributed by atoms with E-state index in [4.69, 9.17) is 14.2 Å². The summed E-state index contributed by atoms with van der Waals surface area (Å²) in [4.78, 5) is 39.6. The van der Waals surface area contributed by atoms with Gasteiger partial charge in [0.25, 0.3) is 11.8 Å². The van der Waals surface area contributed by atoms with Gasteiger partial charge in [0.1, 0.15) is 0 Å². The summed E-state index contributed by atoms with van der Waals surface area (Å²) in [7, 11) is 4.35. The fourth-order valence-electron chi connectivity index (χ4n) is 3.79. The molecule has 162 valence electrons. The number of nitrogens with one attached hydrogen (secondary N) is 2. The van der Waals surface area contributed by atoms with Crippen LogP contribution < -0.4 is 30.0 Å². The van der Waals surface area contributed by atoms with Crippen LogP contribution in [0.1, 0.15) is 23.2 Å². The maximum Gasteiger partial charge on any atom is 0.275 e. The predicted molar refractivity (Wildman–Crippen MR) is 113 cm³/mol. The fourth-order valence-corrected chi connectivity index (χ4v) is 5.21. The van der Waals surface area contributed by atoms with Crippen LogP contribution >= 0.6 is 11.8 Å². The van der Waals surface area contributed by atoms with Gasteiger partial charge in [-0.1, -0.05) is 23.9 Å². The molecule has 2 aliphatic rings. The molecule has 0 spiro atoms. The smallest absolute Gasteiger partial charge is 0.275 e. The van der Waals surface area contributed by atoms with Crippen molar-refractivity contribution in [3.05, 3.63) is 42.0 Å². The Morgan fingerprint density at radius 3 is 2.35 bits per heavy atom. The van der Waals surface area contributed by atoms with Crippen LogP contribution in [-0.2, 0) is 9.59 Å². The number of hydrazine groups is 1. The number of methoxy groups -OCH3 is 3. The van der Waals surface area contributed by atoms with E-state index in [0.29, 0.717) is 29.4 Å². The molecule has 1 saturated heterocycles. The first-order valence-electron chi connectivity index (χ1n) is 9.47. The highest BCUT2D eigenvalue weighted by atomic mass is 32.2. The van der Waals surface area contributed by atoms with Gasteiger partial charge in [0.15, 0.2) is 16.4 Å². The quantitative estimate of drug-likeness (QED) is 0.682. The van der Waals surface area contributed by atoms with Crippen molar-refractivity contribution in [3.8, 4) is 17.2 Å². The SMILES string of the molecule is COc1cc(C(=O)NNC(=O)C23CCC(=O)N2c2ccccc2S3)cc(OC)c1OC. The summed E-state index contributed by atoms with van der Waals surface area (Å²) in [5.74, 6) is -0.188. The standard InChI is InChI=1S/C21H21N3O6S/c1-28-14-10-12(11-15(29-2)18(14)30-3)19(26)22-23-20(27)21-9-8-17(25)24(21)13-6-4-5-7-16(13)31-21/h4-7,10-11H,8-9H2,1-3H3,(H,22,26)(H,23,27). The Morgan fingerprint density at radius 2 is 1.71 bits per heavy atom. The number of amides is 3. The maximum absolute atomic E-state index is 13.1. The first-order chi connectivity index (χ1) is 14.9. The van der Waals surface area contributed by atoms with Crippen molar-refractivity contribution in [3.63, 3.8) is 0 Å². The number of thioether (sulfide) groups is 1. The van der Waals surface area contributed by atoms with Gasteiger partial charge in [0, 0.05) is 16.9 Å². The number of fused-ring (bicyclic) bond motifs is 3. The van der Waals surface area contributed by atoms with E-state index >= 15 is 0 Å². The van der Waals surface area contributed by atoms with Crippen LogP contribution in [0.2, 0.25) is 0 Å². The molecule has 1 fully saturated rings. The van der Waals surface area contributed by atoms with Crippen molar-refractivity contribution in [2.75, 3.05) is 26.2 Å². The lowest BCUT2D eigenvalue weighted by atomic mass is 10.1. The van der Waals surface area contributed by atoms with E-state index in [1.165, 1.54) is 50.1 Å². The molecule has 0 bridgehead atoms. The molecule has 10 heteroatoms. The number of rotatable bonds is 5. The van der Waals surface area contributed by atoms with Gasteiger partial charge in [-0.25, -0.2) is 0 Å². The van der Waals surface area contributed by atoms with Crippen LogP contribution in [-0.4, -0.2) is 43.9 Å². The molecule has 4 rings (SSSR count). The van der Waals surface area contributed by atoms with Crippen LogP contribution in [0.5, 0.6) is 17.2 Å². The summed E-state index contributed by atoms with van der Waals surface area (Å²) in [6.45, 7) is 0. The molecule has 3 amide bonds. The summed E-state index contributed by atoms with van der Waals surface area (Å²) >= 11 is 1.32. The Bertz CT molecular complexity index is 1050. The lowest BCUT2D eigenvalue weighted by Crippen LogP contribution is -2.56. The molecule has 1 unspecified atom stereocenters. The zero-order valence-corrected chi connectivity index (χ0v) is 18.0. The molecule has 1 atom stereocenters. The molecule has 0 saturated carbocycles. The monoisotopic (exact) mass is 443 g/mol. The molecule has 31 heavy (non-hydrogen) atoms. The van der Waals surface area contributed by atoms with E-state index in [2.05, 4.69) is 10.9 Å². The minimum atomic E-state index is -1.12. The molecule has 9 nitrogen and oxygen atoms in total. The Labute approximate surface area is 183 Å². The Balaban J connectivity index is 1.53. The van der Waals surface area contributed by atoms with E-state index in [9.17, 15) is 14.4 Å². The lowest BCUT2D eigenvalue weighted by molar-refractivity contribution is -0.125. The third-order valence-corrected chi connectivity index (χ3v) is 6.72. The average Bonchev–Trinajstić information content (AvgIpc) is 3.31. The van der Waals surface area contributed by atoms with Crippen LogP contribution in [0.3, 0.4) is 0 Å². The third-order valence-electron chi connectivity index (χ3n) is 5.24. The van der Waals surface area contributed by atoms with Gasteiger partial charge in [-0.05, 0) is 30.7 Å². The molecule has 0 radical (unpaired) electrons. The van der Waals surface area contributed by atoms with Gasteiger partial charge >= 0.3 is 0 Å². The number of carbonyl (C=O) groups excluding carboxylic acids is 3. The third kappa shape index (κ3) is 3.32. The van der Waals surface area contributed by atoms with Gasteiger partial charge in [0.05, 0.1) is 27.0 Å². The number of anilines is 1. The van der Waals surface area contributed by atoms with E-state index in [0.717, 1.165) is 4.90 Å². The lowest BCUT2D eigenvalue weighted by Gasteiger charge is -2.29. The van der Waals surface area contributed by atoms with E-state index in [1.54, 1.807) is 0 Å². The molecular weight excluding hydrogens is 422 g/mol. The molecule has 0 aliphatic carbocycles. The minimum Gasteiger partial charge on any atom is -0.493 e. The van der Waals surface area contributed by atoms with E-state index in [1.807, 2.05) is 24.3 Å². The summed E-state index contributed by atoms with van der Waals surface area (Å²) in [5, 5.41) is 0. The molecule has 0 aromatic heterocycles. The maximum atomic E-state index is 13.1. The van der Waals surface area contributed by atoms with Gasteiger partial charge in [-0.15, -0.1) is 0 Å². The highest BCUT2D eigenvalue weighted by Gasteiger charge is 2.57. The Kier molecular flexibility index (Phi) is 5.40. The number of hydrogen-bond acceptors (Lipinski definition) is 7. The second-order valence-corrected chi connectivity index (χ2v) is 8.22. The van der Waals surface area contributed by atoms with Gasteiger partial charge in [-0.3, -0.25) is 30.1 Å². The van der Waals surface area contributed by atoms with Gasteiger partial charge < -0.3 is 14.2 Å². The van der Waals surface area contributed by atoms with Crippen LogP contribution in [0.15, 0.2) is 41.3 Å². The van der Waals surface area contributed by atoms with Crippen molar-refractivity contribution in [2.24, 2.45) is 0 Å². The molecule has 2 aromatic carbocycles. The van der Waals surface area contributed by atoms with Gasteiger partial charge in [-0.2, -0.15) is 0 Å². The molecule has 2 N–H and O–H groups in total. The number of benzene rings is 2. The van der Waals surface area contributed by atoms with Crippen molar-refractivity contribution < 1.29 is 28.6 Å². The molecular formula is C21H21N3O6S. The van der Waals surface area contributed by atoms with Crippen LogP contribution in [0.4, 0.5) is 5.69 Å². The topological polar surface area (TPSA) is 106 Å². The number of para-hydroxylation sites is 1. The molecule has 2 heterocycles. The minimum absolute atomic E-state index is 0.122. The predicted octanol–water partition coefficient (Wildman–Crippen LogP) is 2.10. The Hall–Kier alpha value is -3.40. The van der Waals surface area contributed by atoms with E-state index < -0.39 is 16.7 Å². The zero-order chi connectivity index (χ0) is 22.2. The second-order valence-electron chi connectivity index (χ2n) is 6.91. The first kappa shape index (κ1) is 20.9. The van der Waals surface area contributed by atoms with Crippen molar-refractivity contribution >= 4 is 35.2 Å². The largest absolute Gasteiger partial charge is 0.493 e. The van der Waals surface area contributed by atoms with Crippen molar-refractivity contribution in [1.82, 2.24) is 10.9 Å². The summed E-state index contributed by atoms with van der Waals surface area (Å²) in [6, 6.07) is 10.3. The van der Waals surface area contributed by atoms with E-state index in [-0.39, 0.29) is 17.9 Å². The normalized spacial score (nSPS) is 18.8. The highest BCUT2D eigenvalue weighted by Crippen LogP contribution is 2.55. The summed E-state index contributed by atoms with van der Waals surface area (Å²) in [5.41, 5.74) is 5.81. The van der Waals surface area contributed by atoms with Gasteiger partial charge in [0.2, 0.25) is 11.7 Å². The zero-order valence-electron chi connectivity index (χ0n) is 17.2. The molecule has 2 aliphatic heterocycles. The first-order valence-corrected chi connectivity index (χ1v) is 10.3.